The first-order valence-corrected chi connectivity index (χ1v) is 6.80. The third-order valence-corrected chi connectivity index (χ3v) is 3.60. The van der Waals surface area contributed by atoms with E-state index in [-0.39, 0.29) is 5.05 Å². The molecular weight excluding hydrogens is 286 g/mol. The lowest BCUT2D eigenvalue weighted by atomic mass is 10.1. The van der Waals surface area contributed by atoms with Crippen LogP contribution >= 0.6 is 23.8 Å². The molecule has 1 unspecified atom stereocenters. The van der Waals surface area contributed by atoms with Crippen LogP contribution in [0.5, 0.6) is 0 Å². The predicted octanol–water partition coefficient (Wildman–Crippen LogP) is 2.75. The number of benzene rings is 1. The number of thiocarbonyl (C=S) groups is 1. The number of anilines is 1. The molecule has 1 heterocycles. The van der Waals surface area contributed by atoms with Gasteiger partial charge in [0, 0.05) is 20.2 Å². The molecule has 1 aromatic carbocycles. The fraction of sp³-hybridized carbons (Fsp3) is 0.462. The van der Waals surface area contributed by atoms with Crippen LogP contribution in [-0.4, -0.2) is 43.6 Å². The summed E-state index contributed by atoms with van der Waals surface area (Å²) in [6.07, 6.45) is -0.619. The van der Waals surface area contributed by atoms with Gasteiger partial charge in [0.05, 0.1) is 23.9 Å². The Bertz CT molecular complexity index is 463. The number of methoxy groups -OCH3 is 1. The molecule has 19 heavy (non-hydrogen) atoms. The minimum Gasteiger partial charge on any atom is -0.500 e. The molecule has 104 valence electrons. The van der Waals surface area contributed by atoms with Gasteiger partial charge in [-0.1, -0.05) is 17.7 Å². The number of rotatable bonds is 4. The fourth-order valence-electron chi connectivity index (χ4n) is 2.13. The van der Waals surface area contributed by atoms with Crippen molar-refractivity contribution in [3.8, 4) is 0 Å². The molecule has 0 aliphatic carbocycles. The topological polar surface area (TPSA) is 41.9 Å². The Labute approximate surface area is 122 Å². The Kier molecular flexibility index (Phi) is 4.99. The van der Waals surface area contributed by atoms with Gasteiger partial charge in [0.2, 0.25) is 0 Å². The zero-order valence-electron chi connectivity index (χ0n) is 10.6. The second kappa shape index (κ2) is 6.52. The predicted molar refractivity (Wildman–Crippen MR) is 79.5 cm³/mol. The van der Waals surface area contributed by atoms with E-state index in [4.69, 9.17) is 33.3 Å². The molecule has 1 atom stereocenters. The van der Waals surface area contributed by atoms with Gasteiger partial charge >= 0.3 is 0 Å². The van der Waals surface area contributed by atoms with E-state index in [9.17, 15) is 5.11 Å². The smallest absolute Gasteiger partial charge is 0.191 e. The maximum absolute atomic E-state index is 9.41. The lowest BCUT2D eigenvalue weighted by Gasteiger charge is -2.30. The number of hydrogen-bond donors (Lipinski definition) is 1. The third-order valence-electron chi connectivity index (χ3n) is 3.09. The van der Waals surface area contributed by atoms with Gasteiger partial charge in [0.1, 0.15) is 6.10 Å². The molecule has 0 amide bonds. The molecule has 0 saturated carbocycles. The van der Waals surface area contributed by atoms with Crippen LogP contribution in [0.4, 0.5) is 5.69 Å². The van der Waals surface area contributed by atoms with Crippen molar-refractivity contribution >= 4 is 34.6 Å². The van der Waals surface area contributed by atoms with Crippen LogP contribution in [0, 0.1) is 0 Å². The number of aliphatic hydroxyl groups excluding tert-OH is 1. The first-order chi connectivity index (χ1) is 9.13. The SMILES string of the molecule is COC(C(O)=S)c1ccc(N2CCOCC2)c(Cl)c1. The highest BCUT2D eigenvalue weighted by atomic mass is 35.5. The van der Waals surface area contributed by atoms with Crippen LogP contribution in [0.1, 0.15) is 11.7 Å². The molecule has 0 bridgehead atoms. The van der Waals surface area contributed by atoms with Crippen LogP contribution in [0.2, 0.25) is 5.02 Å². The second-order valence-electron chi connectivity index (χ2n) is 4.26. The Hall–Kier alpha value is -0.880. The van der Waals surface area contributed by atoms with Crippen molar-refractivity contribution in [3.63, 3.8) is 0 Å². The summed E-state index contributed by atoms with van der Waals surface area (Å²) in [5, 5.41) is 9.84. The maximum Gasteiger partial charge on any atom is 0.191 e. The molecule has 4 nitrogen and oxygen atoms in total. The van der Waals surface area contributed by atoms with Crippen molar-refractivity contribution in [2.75, 3.05) is 38.3 Å². The van der Waals surface area contributed by atoms with Gasteiger partial charge in [-0.25, -0.2) is 0 Å². The molecule has 0 radical (unpaired) electrons. The van der Waals surface area contributed by atoms with Crippen molar-refractivity contribution in [3.05, 3.63) is 28.8 Å². The molecule has 2 rings (SSSR count). The zero-order chi connectivity index (χ0) is 13.8. The number of morpholine rings is 1. The van der Waals surface area contributed by atoms with E-state index in [0.29, 0.717) is 18.2 Å². The average molecular weight is 302 g/mol. The first kappa shape index (κ1) is 14.5. The summed E-state index contributed by atoms with van der Waals surface area (Å²) < 4.78 is 10.5. The minimum absolute atomic E-state index is 0.197. The Morgan fingerprint density at radius 2 is 2.16 bits per heavy atom. The Morgan fingerprint density at radius 3 is 2.68 bits per heavy atom. The van der Waals surface area contributed by atoms with Crippen LogP contribution in [-0.2, 0) is 9.47 Å². The highest BCUT2D eigenvalue weighted by molar-refractivity contribution is 7.80. The van der Waals surface area contributed by atoms with E-state index in [1.54, 1.807) is 6.07 Å². The molecule has 1 fully saturated rings. The summed E-state index contributed by atoms with van der Waals surface area (Å²) in [4.78, 5) is 2.18. The van der Waals surface area contributed by atoms with Gasteiger partial charge in [-0.2, -0.15) is 0 Å². The lowest BCUT2D eigenvalue weighted by Crippen LogP contribution is -2.36. The summed E-state index contributed by atoms with van der Waals surface area (Å²) in [5.41, 5.74) is 1.71. The van der Waals surface area contributed by atoms with Crippen LogP contribution in [0.3, 0.4) is 0 Å². The molecule has 0 spiro atoms. The van der Waals surface area contributed by atoms with Crippen LogP contribution < -0.4 is 4.90 Å². The van der Waals surface area contributed by atoms with Crippen molar-refractivity contribution in [2.45, 2.75) is 6.10 Å². The van der Waals surface area contributed by atoms with E-state index in [2.05, 4.69) is 4.90 Å². The molecule has 1 aliphatic heterocycles. The third kappa shape index (κ3) is 3.36. The van der Waals surface area contributed by atoms with E-state index in [0.717, 1.165) is 24.3 Å². The van der Waals surface area contributed by atoms with Gasteiger partial charge in [0.25, 0.3) is 0 Å². The molecule has 6 heteroatoms. The lowest BCUT2D eigenvalue weighted by molar-refractivity contribution is 0.122. The minimum atomic E-state index is -0.619. The standard InChI is InChI=1S/C13H16ClNO3S/c1-17-12(13(16)19)9-2-3-11(10(14)8-9)15-4-6-18-7-5-15/h2-3,8,12H,4-7H2,1H3,(H,16,19). The number of aliphatic hydroxyl groups is 1. The number of halogens is 1. The van der Waals surface area contributed by atoms with Crippen LogP contribution in [0.15, 0.2) is 18.2 Å². The highest BCUT2D eigenvalue weighted by Crippen LogP contribution is 2.30. The van der Waals surface area contributed by atoms with Crippen molar-refractivity contribution in [2.24, 2.45) is 0 Å². The monoisotopic (exact) mass is 301 g/mol. The Morgan fingerprint density at radius 1 is 1.47 bits per heavy atom. The summed E-state index contributed by atoms with van der Waals surface area (Å²) in [6, 6.07) is 5.57. The largest absolute Gasteiger partial charge is 0.500 e. The van der Waals surface area contributed by atoms with Gasteiger partial charge in [0.15, 0.2) is 5.05 Å². The molecule has 1 aromatic rings. The fourth-order valence-corrected chi connectivity index (χ4v) is 2.67. The van der Waals surface area contributed by atoms with Crippen molar-refractivity contribution < 1.29 is 14.6 Å². The molecule has 1 saturated heterocycles. The summed E-state index contributed by atoms with van der Waals surface area (Å²) in [6.45, 7) is 3.06. The molecule has 1 N–H and O–H groups in total. The number of hydrogen-bond acceptors (Lipinski definition) is 4. The summed E-state index contributed by atoms with van der Waals surface area (Å²) in [5.74, 6) is 0. The van der Waals surface area contributed by atoms with Crippen molar-refractivity contribution in [1.82, 2.24) is 0 Å². The van der Waals surface area contributed by atoms with E-state index >= 15 is 0 Å². The quantitative estimate of drug-likeness (QED) is 0.866. The van der Waals surface area contributed by atoms with Gasteiger partial charge in [-0.3, -0.25) is 0 Å². The Balaban J connectivity index is 2.23. The molecule has 1 aliphatic rings. The van der Waals surface area contributed by atoms with E-state index in [1.165, 1.54) is 7.11 Å². The van der Waals surface area contributed by atoms with E-state index < -0.39 is 6.10 Å². The maximum atomic E-state index is 9.41. The summed E-state index contributed by atoms with van der Waals surface area (Å²) >= 11 is 11.1. The highest BCUT2D eigenvalue weighted by Gasteiger charge is 2.19. The van der Waals surface area contributed by atoms with Crippen LogP contribution in [0.25, 0.3) is 0 Å². The van der Waals surface area contributed by atoms with E-state index in [1.807, 2.05) is 12.1 Å². The van der Waals surface area contributed by atoms with Gasteiger partial charge in [-0.15, -0.1) is 0 Å². The van der Waals surface area contributed by atoms with Crippen molar-refractivity contribution in [1.29, 1.82) is 0 Å². The summed E-state index contributed by atoms with van der Waals surface area (Å²) in [7, 11) is 1.50. The molecule has 0 aromatic heterocycles. The number of nitrogens with zero attached hydrogens (tertiary/aromatic N) is 1. The second-order valence-corrected chi connectivity index (χ2v) is 5.09. The zero-order valence-corrected chi connectivity index (χ0v) is 12.2. The normalized spacial score (nSPS) is 17.3. The molecular formula is C13H16ClNO3S. The van der Waals surface area contributed by atoms with Gasteiger partial charge in [-0.05, 0) is 29.9 Å². The first-order valence-electron chi connectivity index (χ1n) is 6.01. The average Bonchev–Trinajstić information content (AvgIpc) is 2.40. The number of ether oxygens (including phenoxy) is 2. The van der Waals surface area contributed by atoms with Gasteiger partial charge < -0.3 is 19.5 Å².